The van der Waals surface area contributed by atoms with Gasteiger partial charge in [0, 0.05) is 16.6 Å². The maximum Gasteiger partial charge on any atom is 0.264 e. The maximum absolute atomic E-state index is 13.3. The fraction of sp³-hybridized carbons (Fsp3) is 0.269. The topological polar surface area (TPSA) is 75.7 Å². The molecule has 35 heavy (non-hydrogen) atoms. The van der Waals surface area contributed by atoms with E-state index in [-0.39, 0.29) is 26.7 Å². The molecule has 0 unspecified atom stereocenters. The normalized spacial score (nSPS) is 11.3. The monoisotopic (exact) mass is 534 g/mol. The van der Waals surface area contributed by atoms with Gasteiger partial charge in [-0.25, -0.2) is 8.42 Å². The summed E-state index contributed by atoms with van der Waals surface area (Å²) in [6.07, 6.45) is 1.58. The molecule has 0 fully saturated rings. The number of benzene rings is 3. The standard InChI is InChI=1S/C26H28Cl2N2O4S/c1-19(2)34-24-12-10-20(11-13-24)7-6-14-29-26(31)18-30(23-16-21(27)15-22(28)17-23)35(32,33)25-8-4-3-5-9-25/h3-5,8-13,15-17,19H,6-7,14,18H2,1-2H3,(H,29,31). The van der Waals surface area contributed by atoms with Gasteiger partial charge in [-0.1, -0.05) is 53.5 Å². The van der Waals surface area contributed by atoms with Crippen molar-refractivity contribution in [1.82, 2.24) is 5.32 Å². The Balaban J connectivity index is 1.65. The summed E-state index contributed by atoms with van der Waals surface area (Å²) in [7, 11) is -4.03. The number of sulfonamides is 1. The van der Waals surface area contributed by atoms with Crippen molar-refractivity contribution < 1.29 is 17.9 Å². The molecule has 3 aromatic carbocycles. The van der Waals surface area contributed by atoms with E-state index < -0.39 is 22.5 Å². The van der Waals surface area contributed by atoms with Crippen molar-refractivity contribution in [2.75, 3.05) is 17.4 Å². The Kier molecular flexibility index (Phi) is 9.43. The average molecular weight is 535 g/mol. The fourth-order valence-electron chi connectivity index (χ4n) is 3.43. The minimum Gasteiger partial charge on any atom is -0.491 e. The van der Waals surface area contributed by atoms with Crippen LogP contribution in [0.4, 0.5) is 5.69 Å². The zero-order valence-corrected chi connectivity index (χ0v) is 21.9. The Morgan fingerprint density at radius 3 is 2.20 bits per heavy atom. The Hall–Kier alpha value is -2.74. The molecular weight excluding hydrogens is 507 g/mol. The van der Waals surface area contributed by atoms with Crippen LogP contribution >= 0.6 is 23.2 Å². The Morgan fingerprint density at radius 1 is 0.971 bits per heavy atom. The molecule has 0 radical (unpaired) electrons. The summed E-state index contributed by atoms with van der Waals surface area (Å²) >= 11 is 12.2. The number of carbonyl (C=O) groups is 1. The molecule has 0 heterocycles. The van der Waals surface area contributed by atoms with E-state index in [1.807, 2.05) is 38.1 Å². The summed E-state index contributed by atoms with van der Waals surface area (Å²) < 4.78 is 33.4. The highest BCUT2D eigenvalue weighted by molar-refractivity contribution is 7.92. The molecule has 0 atom stereocenters. The number of ether oxygens (including phenoxy) is 1. The summed E-state index contributed by atoms with van der Waals surface area (Å²) in [5.74, 6) is 0.388. The van der Waals surface area contributed by atoms with E-state index in [4.69, 9.17) is 27.9 Å². The van der Waals surface area contributed by atoms with Gasteiger partial charge in [0.15, 0.2) is 0 Å². The lowest BCUT2D eigenvalue weighted by molar-refractivity contribution is -0.119. The fourth-order valence-corrected chi connectivity index (χ4v) is 5.37. The number of rotatable bonds is 11. The number of aryl methyl sites for hydroxylation is 1. The molecule has 1 amide bonds. The Labute approximate surface area is 216 Å². The van der Waals surface area contributed by atoms with E-state index in [1.54, 1.807) is 18.2 Å². The first-order valence-corrected chi connectivity index (χ1v) is 13.4. The first-order valence-electron chi connectivity index (χ1n) is 11.2. The second-order valence-corrected chi connectivity index (χ2v) is 11.0. The molecular formula is C26H28Cl2N2O4S. The molecule has 0 aliphatic rings. The van der Waals surface area contributed by atoms with Crippen LogP contribution in [0.25, 0.3) is 0 Å². The van der Waals surface area contributed by atoms with Gasteiger partial charge in [-0.15, -0.1) is 0 Å². The second-order valence-electron chi connectivity index (χ2n) is 8.22. The molecule has 0 bridgehead atoms. The van der Waals surface area contributed by atoms with Crippen LogP contribution in [-0.4, -0.2) is 33.5 Å². The molecule has 0 saturated carbocycles. The molecule has 0 aliphatic carbocycles. The highest BCUT2D eigenvalue weighted by atomic mass is 35.5. The van der Waals surface area contributed by atoms with Crippen LogP contribution in [-0.2, 0) is 21.2 Å². The number of hydrogen-bond acceptors (Lipinski definition) is 4. The smallest absolute Gasteiger partial charge is 0.264 e. The van der Waals surface area contributed by atoms with Crippen LogP contribution in [0.5, 0.6) is 5.75 Å². The summed E-state index contributed by atoms with van der Waals surface area (Å²) in [5, 5.41) is 3.35. The first-order chi connectivity index (χ1) is 16.6. The van der Waals surface area contributed by atoms with Gasteiger partial charge in [-0.3, -0.25) is 9.10 Å². The van der Waals surface area contributed by atoms with Crippen LogP contribution in [0.3, 0.4) is 0 Å². The molecule has 0 saturated heterocycles. The molecule has 0 spiro atoms. The maximum atomic E-state index is 13.3. The van der Waals surface area contributed by atoms with E-state index in [1.165, 1.54) is 30.3 Å². The Bertz CT molecular complexity index is 1210. The van der Waals surface area contributed by atoms with Gasteiger partial charge >= 0.3 is 0 Å². The molecule has 6 nitrogen and oxygen atoms in total. The zero-order chi connectivity index (χ0) is 25.4. The van der Waals surface area contributed by atoms with Gasteiger partial charge in [0.05, 0.1) is 16.7 Å². The molecule has 186 valence electrons. The van der Waals surface area contributed by atoms with Gasteiger partial charge in [0.2, 0.25) is 5.91 Å². The van der Waals surface area contributed by atoms with E-state index >= 15 is 0 Å². The van der Waals surface area contributed by atoms with Crippen LogP contribution in [0.1, 0.15) is 25.8 Å². The molecule has 9 heteroatoms. The van der Waals surface area contributed by atoms with E-state index in [0.29, 0.717) is 13.0 Å². The molecule has 1 N–H and O–H groups in total. The largest absolute Gasteiger partial charge is 0.491 e. The molecule has 0 aromatic heterocycles. The summed E-state index contributed by atoms with van der Waals surface area (Å²) in [6, 6.07) is 20.2. The average Bonchev–Trinajstić information content (AvgIpc) is 2.81. The number of anilines is 1. The van der Waals surface area contributed by atoms with Crippen LogP contribution in [0.2, 0.25) is 10.0 Å². The van der Waals surface area contributed by atoms with Crippen molar-refractivity contribution in [3.05, 3.63) is 88.4 Å². The number of nitrogens with zero attached hydrogens (tertiary/aromatic N) is 1. The van der Waals surface area contributed by atoms with E-state index in [9.17, 15) is 13.2 Å². The van der Waals surface area contributed by atoms with E-state index in [2.05, 4.69) is 5.32 Å². The van der Waals surface area contributed by atoms with Crippen molar-refractivity contribution in [3.8, 4) is 5.75 Å². The molecule has 0 aliphatic heterocycles. The van der Waals surface area contributed by atoms with Crippen LogP contribution in [0.15, 0.2) is 77.7 Å². The third-order valence-corrected chi connectivity index (χ3v) is 7.24. The lowest BCUT2D eigenvalue weighted by Gasteiger charge is -2.24. The summed E-state index contributed by atoms with van der Waals surface area (Å²) in [6.45, 7) is 3.95. The third kappa shape index (κ3) is 7.88. The number of carbonyl (C=O) groups excluding carboxylic acids is 1. The SMILES string of the molecule is CC(C)Oc1ccc(CCCNC(=O)CN(c2cc(Cl)cc(Cl)c2)S(=O)(=O)c2ccccc2)cc1. The highest BCUT2D eigenvalue weighted by Crippen LogP contribution is 2.29. The second kappa shape index (κ2) is 12.3. The number of halogens is 2. The minimum absolute atomic E-state index is 0.0637. The Morgan fingerprint density at radius 2 is 1.60 bits per heavy atom. The predicted molar refractivity (Wildman–Crippen MR) is 141 cm³/mol. The van der Waals surface area contributed by atoms with Gasteiger partial charge in [-0.2, -0.15) is 0 Å². The molecule has 3 aromatic rings. The van der Waals surface area contributed by atoms with Crippen molar-refractivity contribution in [2.24, 2.45) is 0 Å². The van der Waals surface area contributed by atoms with Crippen molar-refractivity contribution in [2.45, 2.75) is 37.7 Å². The zero-order valence-electron chi connectivity index (χ0n) is 19.6. The first kappa shape index (κ1) is 26.9. The predicted octanol–water partition coefficient (Wildman–Crippen LogP) is 5.72. The van der Waals surface area contributed by atoms with Crippen molar-refractivity contribution >= 4 is 44.8 Å². The number of hydrogen-bond donors (Lipinski definition) is 1. The van der Waals surface area contributed by atoms with Gasteiger partial charge in [0.1, 0.15) is 12.3 Å². The van der Waals surface area contributed by atoms with Gasteiger partial charge in [0.25, 0.3) is 10.0 Å². The summed E-state index contributed by atoms with van der Waals surface area (Å²) in [5.41, 5.74) is 1.34. The van der Waals surface area contributed by atoms with Gasteiger partial charge in [-0.05, 0) is 74.7 Å². The van der Waals surface area contributed by atoms with Crippen LogP contribution < -0.4 is 14.4 Å². The lowest BCUT2D eigenvalue weighted by Crippen LogP contribution is -2.41. The van der Waals surface area contributed by atoms with Crippen LogP contribution in [0, 0.1) is 0 Å². The van der Waals surface area contributed by atoms with Crippen molar-refractivity contribution in [3.63, 3.8) is 0 Å². The number of amides is 1. The summed E-state index contributed by atoms with van der Waals surface area (Å²) in [4.78, 5) is 12.8. The molecule has 3 rings (SSSR count). The number of nitrogens with one attached hydrogen (secondary N) is 1. The van der Waals surface area contributed by atoms with E-state index in [0.717, 1.165) is 22.0 Å². The van der Waals surface area contributed by atoms with Crippen molar-refractivity contribution in [1.29, 1.82) is 0 Å². The minimum atomic E-state index is -4.03. The lowest BCUT2D eigenvalue weighted by atomic mass is 10.1. The quantitative estimate of drug-likeness (QED) is 0.319. The van der Waals surface area contributed by atoms with Gasteiger partial charge < -0.3 is 10.1 Å². The highest BCUT2D eigenvalue weighted by Gasteiger charge is 2.27. The third-order valence-electron chi connectivity index (χ3n) is 5.01.